The van der Waals surface area contributed by atoms with E-state index in [1.165, 1.54) is 6.07 Å². The molecule has 0 atom stereocenters. The van der Waals surface area contributed by atoms with Gasteiger partial charge in [0.15, 0.2) is 0 Å². The lowest BCUT2D eigenvalue weighted by Gasteiger charge is -2.09. The molecule has 0 unspecified atom stereocenters. The summed E-state index contributed by atoms with van der Waals surface area (Å²) in [6.07, 6.45) is 1.74. The van der Waals surface area contributed by atoms with E-state index in [4.69, 9.17) is 0 Å². The van der Waals surface area contributed by atoms with E-state index in [0.717, 1.165) is 12.1 Å². The molecule has 0 aliphatic carbocycles. The van der Waals surface area contributed by atoms with Gasteiger partial charge in [-0.15, -0.1) is 24.8 Å². The number of likely N-dealkylation sites (N-methyl/N-ethyl adjacent to an activating group) is 1. The first-order chi connectivity index (χ1) is 11.5. The number of nitrogens with zero attached hydrogens (tertiary/aromatic N) is 2. The van der Waals surface area contributed by atoms with Gasteiger partial charge >= 0.3 is 0 Å². The first kappa shape index (κ1) is 22.0. The van der Waals surface area contributed by atoms with Gasteiger partial charge in [-0.05, 0) is 31.3 Å². The fraction of sp³-hybridized carbons (Fsp3) is 0.211. The Labute approximate surface area is 164 Å². The highest BCUT2D eigenvalue weighted by atomic mass is 35.5. The van der Waals surface area contributed by atoms with E-state index < -0.39 is 0 Å². The predicted octanol–water partition coefficient (Wildman–Crippen LogP) is 4.05. The van der Waals surface area contributed by atoms with Gasteiger partial charge in [0.25, 0.3) is 5.56 Å². The summed E-state index contributed by atoms with van der Waals surface area (Å²) in [7, 11) is 3.94. The second-order valence-corrected chi connectivity index (χ2v) is 6.04. The smallest absolute Gasteiger partial charge is 0.271 e. The first-order valence-corrected chi connectivity index (χ1v) is 7.84. The average molecular weight is 398 g/mol. The van der Waals surface area contributed by atoms with Crippen LogP contribution in [0.15, 0.2) is 59.5 Å². The highest BCUT2D eigenvalue weighted by Crippen LogP contribution is 2.26. The molecule has 3 aromatic rings. The Morgan fingerprint density at radius 1 is 1.00 bits per heavy atom. The summed E-state index contributed by atoms with van der Waals surface area (Å²) in [5.41, 5.74) is 2.20. The van der Waals surface area contributed by atoms with Crippen molar-refractivity contribution < 1.29 is 4.39 Å². The quantitative estimate of drug-likeness (QED) is 0.705. The molecule has 1 N–H and O–H groups in total. The monoisotopic (exact) mass is 397 g/mol. The van der Waals surface area contributed by atoms with Crippen LogP contribution in [0.1, 0.15) is 0 Å². The van der Waals surface area contributed by atoms with Crippen LogP contribution in [0, 0.1) is 5.82 Å². The third-order valence-corrected chi connectivity index (χ3v) is 3.93. The van der Waals surface area contributed by atoms with Gasteiger partial charge in [-0.2, -0.15) is 0 Å². The number of aromatic nitrogens is 2. The van der Waals surface area contributed by atoms with Crippen LogP contribution < -0.4 is 5.56 Å². The Balaban J connectivity index is 0.00000169. The van der Waals surface area contributed by atoms with Crippen molar-refractivity contribution >= 4 is 24.8 Å². The Morgan fingerprint density at radius 2 is 1.69 bits per heavy atom. The van der Waals surface area contributed by atoms with E-state index >= 15 is 0 Å². The second kappa shape index (κ2) is 9.57. The first-order valence-electron chi connectivity index (χ1n) is 7.84. The molecule has 26 heavy (non-hydrogen) atoms. The minimum atomic E-state index is -0.334. The van der Waals surface area contributed by atoms with Crippen molar-refractivity contribution in [3.63, 3.8) is 0 Å². The number of hydrogen-bond donors (Lipinski definition) is 1. The molecule has 0 aliphatic heterocycles. The van der Waals surface area contributed by atoms with Crippen molar-refractivity contribution in [1.29, 1.82) is 0 Å². The van der Waals surface area contributed by atoms with E-state index in [2.05, 4.69) is 5.10 Å². The fourth-order valence-electron chi connectivity index (χ4n) is 2.61. The van der Waals surface area contributed by atoms with Gasteiger partial charge in [-0.1, -0.05) is 42.5 Å². The highest BCUT2D eigenvalue weighted by Gasteiger charge is 2.11. The molecule has 2 aromatic carbocycles. The molecule has 0 fully saturated rings. The van der Waals surface area contributed by atoms with Crippen LogP contribution in [-0.4, -0.2) is 35.3 Å². The number of aromatic amines is 1. The lowest BCUT2D eigenvalue weighted by atomic mass is 10.0. The SMILES string of the molecule is CN(C)CCn1cc(-c2ccc(-c3ccccc3)c(F)c2)c(=O)[nH]1.Cl.Cl. The summed E-state index contributed by atoms with van der Waals surface area (Å²) in [5, 5.41) is 2.78. The van der Waals surface area contributed by atoms with Crippen LogP contribution in [-0.2, 0) is 6.54 Å². The van der Waals surface area contributed by atoms with Crippen molar-refractivity contribution in [2.75, 3.05) is 20.6 Å². The Hall–Kier alpha value is -2.08. The van der Waals surface area contributed by atoms with E-state index in [9.17, 15) is 9.18 Å². The molecule has 3 rings (SSSR count). The van der Waals surface area contributed by atoms with Crippen LogP contribution in [0.5, 0.6) is 0 Å². The third-order valence-electron chi connectivity index (χ3n) is 3.93. The van der Waals surface area contributed by atoms with Crippen molar-refractivity contribution in [3.8, 4) is 22.3 Å². The predicted molar refractivity (Wildman–Crippen MR) is 109 cm³/mol. The molecule has 0 amide bonds. The number of halogens is 3. The zero-order valence-electron chi connectivity index (χ0n) is 14.6. The Bertz CT molecular complexity index is 891. The highest BCUT2D eigenvalue weighted by molar-refractivity contribution is 5.85. The number of rotatable bonds is 5. The topological polar surface area (TPSA) is 41.0 Å². The average Bonchev–Trinajstić information content (AvgIpc) is 2.94. The number of hydrogen-bond acceptors (Lipinski definition) is 2. The maximum atomic E-state index is 14.5. The molecule has 4 nitrogen and oxygen atoms in total. The van der Waals surface area contributed by atoms with Crippen LogP contribution in [0.25, 0.3) is 22.3 Å². The van der Waals surface area contributed by atoms with Gasteiger partial charge in [-0.25, -0.2) is 4.39 Å². The molecule has 0 saturated carbocycles. The number of benzene rings is 2. The fourth-order valence-corrected chi connectivity index (χ4v) is 2.61. The second-order valence-electron chi connectivity index (χ2n) is 6.04. The van der Waals surface area contributed by atoms with Crippen molar-refractivity contribution in [3.05, 3.63) is 70.9 Å². The molecule has 0 saturated heterocycles. The van der Waals surface area contributed by atoms with Crippen LogP contribution >= 0.6 is 24.8 Å². The summed E-state index contributed by atoms with van der Waals surface area (Å²) < 4.78 is 16.2. The number of H-pyrrole nitrogens is 1. The lowest BCUT2D eigenvalue weighted by molar-refractivity contribution is 0.372. The van der Waals surface area contributed by atoms with Gasteiger partial charge < -0.3 is 4.90 Å². The molecule has 1 aromatic heterocycles. The normalized spacial score (nSPS) is 10.3. The van der Waals surface area contributed by atoms with Crippen molar-refractivity contribution in [2.24, 2.45) is 0 Å². The largest absolute Gasteiger partial charge is 0.308 e. The van der Waals surface area contributed by atoms with E-state index in [-0.39, 0.29) is 36.2 Å². The van der Waals surface area contributed by atoms with Gasteiger partial charge in [0.05, 0.1) is 12.1 Å². The van der Waals surface area contributed by atoms with Gasteiger partial charge in [0.1, 0.15) is 5.82 Å². The molecular formula is C19H22Cl2FN3O. The van der Waals surface area contributed by atoms with E-state index in [0.29, 0.717) is 23.2 Å². The molecule has 0 spiro atoms. The standard InChI is InChI=1S/C19H20FN3O.2ClH/c1-22(2)10-11-23-13-17(19(24)21-23)15-8-9-16(18(20)12-15)14-6-4-3-5-7-14;;/h3-9,12-13H,10-11H2,1-2H3,(H,21,24);2*1H. The molecule has 140 valence electrons. The minimum Gasteiger partial charge on any atom is -0.308 e. The Morgan fingerprint density at radius 3 is 2.31 bits per heavy atom. The third kappa shape index (κ3) is 4.97. The zero-order chi connectivity index (χ0) is 17.1. The van der Waals surface area contributed by atoms with Crippen LogP contribution in [0.2, 0.25) is 0 Å². The lowest BCUT2D eigenvalue weighted by Crippen LogP contribution is -2.19. The summed E-state index contributed by atoms with van der Waals surface area (Å²) >= 11 is 0. The molecular weight excluding hydrogens is 376 g/mol. The molecule has 0 radical (unpaired) electrons. The molecule has 1 heterocycles. The Kier molecular flexibility index (Phi) is 8.08. The van der Waals surface area contributed by atoms with Crippen LogP contribution in [0.3, 0.4) is 0 Å². The van der Waals surface area contributed by atoms with Crippen molar-refractivity contribution in [1.82, 2.24) is 14.7 Å². The van der Waals surface area contributed by atoms with Crippen molar-refractivity contribution in [2.45, 2.75) is 6.54 Å². The maximum Gasteiger partial charge on any atom is 0.271 e. The van der Waals surface area contributed by atoms with Gasteiger partial charge in [-0.3, -0.25) is 14.6 Å². The molecule has 7 heteroatoms. The summed E-state index contributed by atoms with van der Waals surface area (Å²) in [4.78, 5) is 14.2. The number of nitrogens with one attached hydrogen (secondary N) is 1. The summed E-state index contributed by atoms with van der Waals surface area (Å²) in [6.45, 7) is 1.48. The van der Waals surface area contributed by atoms with Gasteiger partial charge in [0.2, 0.25) is 0 Å². The zero-order valence-corrected chi connectivity index (χ0v) is 16.2. The minimum absolute atomic E-state index is 0. The summed E-state index contributed by atoms with van der Waals surface area (Å²) in [5.74, 6) is -0.334. The van der Waals surface area contributed by atoms with Gasteiger partial charge in [0, 0.05) is 18.3 Å². The molecule has 0 bridgehead atoms. The summed E-state index contributed by atoms with van der Waals surface area (Å²) in [6, 6.07) is 14.3. The van der Waals surface area contributed by atoms with E-state index in [1.54, 1.807) is 23.0 Å². The van der Waals surface area contributed by atoms with E-state index in [1.807, 2.05) is 49.3 Å². The maximum absolute atomic E-state index is 14.5. The molecule has 0 aliphatic rings. The van der Waals surface area contributed by atoms with Crippen LogP contribution in [0.4, 0.5) is 4.39 Å².